The van der Waals surface area contributed by atoms with Gasteiger partial charge in [-0.25, -0.2) is 4.98 Å². The summed E-state index contributed by atoms with van der Waals surface area (Å²) in [6.45, 7) is 0. The van der Waals surface area contributed by atoms with Gasteiger partial charge in [-0.1, -0.05) is 11.3 Å². The van der Waals surface area contributed by atoms with Crippen LogP contribution in [0.4, 0.5) is 31.5 Å². The number of nitrogen functional groups attached to an aromatic ring is 1. The van der Waals surface area contributed by atoms with Crippen molar-refractivity contribution in [2.45, 2.75) is 12.4 Å². The lowest BCUT2D eigenvalue weighted by molar-refractivity contribution is -0.142. The Bertz CT molecular complexity index is 597. The van der Waals surface area contributed by atoms with E-state index in [1.54, 1.807) is 0 Å². The molecule has 0 amide bonds. The predicted octanol–water partition coefficient (Wildman–Crippen LogP) is 3.92. The lowest BCUT2D eigenvalue weighted by Crippen LogP contribution is -2.11. The van der Waals surface area contributed by atoms with Gasteiger partial charge >= 0.3 is 12.4 Å². The molecule has 0 spiro atoms. The molecule has 0 atom stereocenters. The molecule has 0 aliphatic rings. The minimum absolute atomic E-state index is 0.0431. The van der Waals surface area contributed by atoms with E-state index in [-0.39, 0.29) is 15.9 Å². The molecule has 2 aromatic rings. The molecule has 98 valence electrons. The van der Waals surface area contributed by atoms with Crippen molar-refractivity contribution in [3.8, 4) is 0 Å². The topological polar surface area (TPSA) is 38.9 Å². The number of alkyl halides is 6. The Morgan fingerprint density at radius 3 is 2.11 bits per heavy atom. The van der Waals surface area contributed by atoms with E-state index in [0.29, 0.717) is 17.4 Å². The Morgan fingerprint density at radius 1 is 1.00 bits per heavy atom. The predicted molar refractivity (Wildman–Crippen MR) is 54.0 cm³/mol. The van der Waals surface area contributed by atoms with Crippen molar-refractivity contribution in [1.82, 2.24) is 4.98 Å². The number of thiazole rings is 1. The Morgan fingerprint density at radius 2 is 1.61 bits per heavy atom. The standard InChI is InChI=1S/C9H4F6N2S/c10-8(11,12)3-1-4(9(13,14)15)6-5(2-3)18-7(16)17-6/h1-2H,(H2,16,17). The third kappa shape index (κ3) is 2.22. The minimum Gasteiger partial charge on any atom is -0.375 e. The summed E-state index contributed by atoms with van der Waals surface area (Å²) in [5.41, 5.74) is 1.86. The Labute approximate surface area is 100 Å². The van der Waals surface area contributed by atoms with E-state index < -0.39 is 29.0 Å². The average Bonchev–Trinajstić information content (AvgIpc) is 2.52. The number of benzene rings is 1. The number of aromatic nitrogens is 1. The molecule has 0 bridgehead atoms. The molecule has 2 rings (SSSR count). The van der Waals surface area contributed by atoms with E-state index in [2.05, 4.69) is 4.98 Å². The number of halogens is 6. The number of hydrogen-bond donors (Lipinski definition) is 1. The Hall–Kier alpha value is -1.51. The van der Waals surface area contributed by atoms with Gasteiger partial charge in [-0.05, 0) is 12.1 Å². The van der Waals surface area contributed by atoms with Gasteiger partial charge in [0.2, 0.25) is 0 Å². The highest BCUT2D eigenvalue weighted by Gasteiger charge is 2.39. The molecule has 0 saturated heterocycles. The summed E-state index contributed by atoms with van der Waals surface area (Å²) in [4.78, 5) is 3.41. The summed E-state index contributed by atoms with van der Waals surface area (Å²) < 4.78 is 75.1. The fourth-order valence-electron chi connectivity index (χ4n) is 1.43. The van der Waals surface area contributed by atoms with Crippen LogP contribution in [-0.2, 0) is 12.4 Å². The summed E-state index contributed by atoms with van der Waals surface area (Å²) in [5, 5.41) is -0.213. The van der Waals surface area contributed by atoms with E-state index in [9.17, 15) is 26.3 Å². The Kier molecular flexibility index (Phi) is 2.69. The van der Waals surface area contributed by atoms with Crippen LogP contribution in [0.5, 0.6) is 0 Å². The lowest BCUT2D eigenvalue weighted by Gasteiger charge is -2.11. The molecule has 0 aliphatic heterocycles. The molecule has 0 unspecified atom stereocenters. The van der Waals surface area contributed by atoms with Crippen LogP contribution in [0.3, 0.4) is 0 Å². The summed E-state index contributed by atoms with van der Waals surface area (Å²) in [6.07, 6.45) is -9.77. The van der Waals surface area contributed by atoms with Crippen LogP contribution in [0.1, 0.15) is 11.1 Å². The van der Waals surface area contributed by atoms with E-state index in [0.717, 1.165) is 0 Å². The molecule has 1 aromatic carbocycles. The van der Waals surface area contributed by atoms with E-state index >= 15 is 0 Å². The zero-order valence-electron chi connectivity index (χ0n) is 8.36. The number of fused-ring (bicyclic) bond motifs is 1. The fraction of sp³-hybridized carbons (Fsp3) is 0.222. The van der Waals surface area contributed by atoms with Crippen LogP contribution in [0.25, 0.3) is 10.2 Å². The van der Waals surface area contributed by atoms with Crippen molar-refractivity contribution in [2.24, 2.45) is 0 Å². The number of hydrogen-bond acceptors (Lipinski definition) is 3. The molecular formula is C9H4F6N2S. The number of rotatable bonds is 0. The number of nitrogens with two attached hydrogens (primary N) is 1. The first-order valence-corrected chi connectivity index (χ1v) is 5.25. The molecule has 2 N–H and O–H groups in total. The molecule has 2 nitrogen and oxygen atoms in total. The van der Waals surface area contributed by atoms with Crippen molar-refractivity contribution >= 4 is 26.7 Å². The summed E-state index contributed by atoms with van der Waals surface area (Å²) >= 11 is 0.579. The van der Waals surface area contributed by atoms with Crippen LogP contribution in [0.15, 0.2) is 12.1 Å². The minimum atomic E-state index is -4.92. The van der Waals surface area contributed by atoms with Crippen molar-refractivity contribution < 1.29 is 26.3 Å². The lowest BCUT2D eigenvalue weighted by atomic mass is 10.1. The molecule has 18 heavy (non-hydrogen) atoms. The second-order valence-electron chi connectivity index (χ2n) is 3.42. The molecule has 0 saturated carbocycles. The summed E-state index contributed by atoms with van der Waals surface area (Å²) in [5.74, 6) is 0. The first kappa shape index (κ1) is 12.9. The largest absolute Gasteiger partial charge is 0.418 e. The normalized spacial score (nSPS) is 13.2. The van der Waals surface area contributed by atoms with Gasteiger partial charge in [0.1, 0.15) is 0 Å². The molecule has 1 aromatic heterocycles. The quantitative estimate of drug-likeness (QED) is 0.746. The summed E-state index contributed by atoms with van der Waals surface area (Å²) in [6, 6.07) is 0.653. The van der Waals surface area contributed by atoms with Crippen LogP contribution in [-0.4, -0.2) is 4.98 Å². The second-order valence-corrected chi connectivity index (χ2v) is 4.48. The maximum absolute atomic E-state index is 12.7. The van der Waals surface area contributed by atoms with Gasteiger partial charge < -0.3 is 5.73 Å². The van der Waals surface area contributed by atoms with Crippen LogP contribution >= 0.6 is 11.3 Å². The van der Waals surface area contributed by atoms with Gasteiger partial charge in [0.25, 0.3) is 0 Å². The van der Waals surface area contributed by atoms with Gasteiger partial charge in [-0.15, -0.1) is 0 Å². The van der Waals surface area contributed by atoms with Crippen LogP contribution < -0.4 is 5.73 Å². The third-order valence-corrected chi connectivity index (χ3v) is 2.98. The van der Waals surface area contributed by atoms with Gasteiger partial charge in [0, 0.05) is 0 Å². The number of anilines is 1. The zero-order chi connectivity index (χ0) is 13.7. The van der Waals surface area contributed by atoms with Crippen molar-refractivity contribution in [1.29, 1.82) is 0 Å². The SMILES string of the molecule is Nc1nc2c(C(F)(F)F)cc(C(F)(F)F)cc2s1. The van der Waals surface area contributed by atoms with Gasteiger partial charge in [0.15, 0.2) is 5.13 Å². The molecule has 0 fully saturated rings. The van der Waals surface area contributed by atoms with Gasteiger partial charge in [-0.3, -0.25) is 0 Å². The summed E-state index contributed by atoms with van der Waals surface area (Å²) in [7, 11) is 0. The van der Waals surface area contributed by atoms with E-state index in [4.69, 9.17) is 5.73 Å². The van der Waals surface area contributed by atoms with Crippen molar-refractivity contribution in [2.75, 3.05) is 5.73 Å². The Balaban J connectivity index is 2.81. The highest BCUT2D eigenvalue weighted by molar-refractivity contribution is 7.22. The molecule has 1 heterocycles. The monoisotopic (exact) mass is 286 g/mol. The van der Waals surface area contributed by atoms with Crippen LogP contribution in [0, 0.1) is 0 Å². The van der Waals surface area contributed by atoms with Crippen molar-refractivity contribution in [3.63, 3.8) is 0 Å². The molecule has 9 heteroatoms. The molecular weight excluding hydrogens is 282 g/mol. The third-order valence-electron chi connectivity index (χ3n) is 2.14. The molecule has 0 radical (unpaired) electrons. The van der Waals surface area contributed by atoms with Crippen LogP contribution in [0.2, 0.25) is 0 Å². The van der Waals surface area contributed by atoms with E-state index in [1.165, 1.54) is 0 Å². The fourth-order valence-corrected chi connectivity index (χ4v) is 2.23. The number of nitrogens with zero attached hydrogens (tertiary/aromatic N) is 1. The maximum Gasteiger partial charge on any atom is 0.418 e. The van der Waals surface area contributed by atoms with Gasteiger partial charge in [0.05, 0.1) is 21.3 Å². The zero-order valence-corrected chi connectivity index (χ0v) is 9.17. The smallest absolute Gasteiger partial charge is 0.375 e. The highest BCUT2D eigenvalue weighted by atomic mass is 32.1. The average molecular weight is 286 g/mol. The van der Waals surface area contributed by atoms with Crippen molar-refractivity contribution in [3.05, 3.63) is 23.3 Å². The highest BCUT2D eigenvalue weighted by Crippen LogP contribution is 2.41. The first-order chi connectivity index (χ1) is 8.09. The second kappa shape index (κ2) is 3.74. The van der Waals surface area contributed by atoms with Gasteiger partial charge in [-0.2, -0.15) is 26.3 Å². The van der Waals surface area contributed by atoms with E-state index in [1.807, 2.05) is 0 Å². The first-order valence-electron chi connectivity index (χ1n) is 4.43. The molecule has 0 aliphatic carbocycles. The maximum atomic E-state index is 12.7.